The molecule has 0 aliphatic carbocycles. The molecule has 2 aliphatic heterocycles. The number of aromatic nitrogens is 5. The molecule has 4 heterocycles. The van der Waals surface area contributed by atoms with Crippen molar-refractivity contribution in [1.29, 1.82) is 0 Å². The number of H-pyrrole nitrogens is 1. The van der Waals surface area contributed by atoms with Gasteiger partial charge in [0, 0.05) is 50.4 Å². The number of hydrogen-bond donors (Lipinski definition) is 2. The first-order valence-corrected chi connectivity index (χ1v) is 11.0. The Morgan fingerprint density at radius 3 is 2.68 bits per heavy atom. The van der Waals surface area contributed by atoms with Crippen LogP contribution in [0.3, 0.4) is 0 Å². The van der Waals surface area contributed by atoms with Crippen molar-refractivity contribution in [3.63, 3.8) is 0 Å². The average Bonchev–Trinajstić information content (AvgIpc) is 3.45. The predicted octanol–water partition coefficient (Wildman–Crippen LogP) is 1.20. The molecule has 2 aromatic heterocycles. The molecule has 0 unspecified atom stereocenters. The van der Waals surface area contributed by atoms with Crippen LogP contribution in [0.25, 0.3) is 0 Å². The topological polar surface area (TPSA) is 118 Å². The van der Waals surface area contributed by atoms with Crippen molar-refractivity contribution in [3.8, 4) is 0 Å². The fourth-order valence-corrected chi connectivity index (χ4v) is 4.50. The summed E-state index contributed by atoms with van der Waals surface area (Å²) in [4.78, 5) is 32.1. The summed E-state index contributed by atoms with van der Waals surface area (Å²) >= 11 is 0. The van der Waals surface area contributed by atoms with Crippen molar-refractivity contribution in [2.45, 2.75) is 65.1 Å². The molecule has 2 atom stereocenters. The third kappa shape index (κ3) is 4.95. The number of carbonyl (C=O) groups excluding carboxylic acids is 2. The Bertz CT molecular complexity index is 931. The number of amides is 2. The quantitative estimate of drug-likeness (QED) is 0.712. The molecular weight excluding hydrogens is 398 g/mol. The lowest BCUT2D eigenvalue weighted by atomic mass is 9.99. The number of rotatable bonds is 6. The fraction of sp³-hybridized carbons (Fsp3) is 0.667. The summed E-state index contributed by atoms with van der Waals surface area (Å²) in [5, 5.41) is 14.8. The number of ether oxygens (including phenoxy) is 1. The zero-order chi connectivity index (χ0) is 22.0. The highest BCUT2D eigenvalue weighted by molar-refractivity contribution is 5.80. The van der Waals surface area contributed by atoms with E-state index in [1.165, 1.54) is 0 Å². The Hall–Kier alpha value is -2.75. The van der Waals surface area contributed by atoms with Crippen LogP contribution in [-0.4, -0.2) is 67.5 Å². The summed E-state index contributed by atoms with van der Waals surface area (Å²) in [6, 6.07) is 1.64. The minimum atomic E-state index is -0.252. The second-order valence-corrected chi connectivity index (χ2v) is 8.57. The normalized spacial score (nSPS) is 22.1. The van der Waals surface area contributed by atoms with Crippen molar-refractivity contribution < 1.29 is 14.3 Å². The average molecular weight is 430 g/mol. The van der Waals surface area contributed by atoms with Crippen molar-refractivity contribution in [1.82, 2.24) is 35.2 Å². The minimum absolute atomic E-state index is 0.0165. The van der Waals surface area contributed by atoms with Crippen LogP contribution in [0, 0.1) is 26.7 Å². The smallest absolute Gasteiger partial charge is 0.225 e. The van der Waals surface area contributed by atoms with Crippen LogP contribution >= 0.6 is 0 Å². The van der Waals surface area contributed by atoms with Crippen LogP contribution in [0.1, 0.15) is 54.8 Å². The Labute approximate surface area is 181 Å². The zero-order valence-corrected chi connectivity index (χ0v) is 18.4. The maximum atomic E-state index is 13.2. The van der Waals surface area contributed by atoms with E-state index in [2.05, 4.69) is 25.6 Å². The molecule has 2 fully saturated rings. The number of carbonyl (C=O) groups is 2. The van der Waals surface area contributed by atoms with E-state index in [-0.39, 0.29) is 29.8 Å². The maximum Gasteiger partial charge on any atom is 0.225 e. The third-order valence-electron chi connectivity index (χ3n) is 6.11. The van der Waals surface area contributed by atoms with Gasteiger partial charge in [-0.1, -0.05) is 0 Å². The van der Waals surface area contributed by atoms with Gasteiger partial charge in [-0.25, -0.2) is 4.98 Å². The molecule has 0 bridgehead atoms. The second kappa shape index (κ2) is 9.17. The predicted molar refractivity (Wildman–Crippen MR) is 112 cm³/mol. The third-order valence-corrected chi connectivity index (χ3v) is 6.11. The first-order chi connectivity index (χ1) is 14.9. The molecule has 0 aromatic carbocycles. The number of hydrogen-bond acceptors (Lipinski definition) is 6. The van der Waals surface area contributed by atoms with E-state index in [0.29, 0.717) is 50.8 Å². The van der Waals surface area contributed by atoms with Gasteiger partial charge in [-0.05, 0) is 46.1 Å². The number of aryl methyl sites for hydroxylation is 4. The van der Waals surface area contributed by atoms with Gasteiger partial charge in [-0.15, -0.1) is 0 Å². The molecule has 2 saturated heterocycles. The van der Waals surface area contributed by atoms with E-state index in [1.54, 1.807) is 0 Å². The molecule has 0 saturated carbocycles. The highest BCUT2D eigenvalue weighted by Crippen LogP contribution is 2.31. The summed E-state index contributed by atoms with van der Waals surface area (Å²) in [5.41, 5.74) is 1.98. The first-order valence-electron chi connectivity index (χ1n) is 11.0. The van der Waals surface area contributed by atoms with Gasteiger partial charge < -0.3 is 15.0 Å². The minimum Gasteiger partial charge on any atom is -0.381 e. The number of nitrogens with one attached hydrogen (secondary N) is 2. The molecule has 31 heavy (non-hydrogen) atoms. The standard InChI is InChI=1S/C21H31N7O3/c1-13-10-14(2)28(26-13)7-4-19(29)27-12-17(11-18(27)20-22-15(3)24-25-20)23-21(30)16-5-8-31-9-6-16/h10,16-18H,4-9,11-12H2,1-3H3,(H,23,30)(H,22,24,25)/t17-,18-/m0/s1. The van der Waals surface area contributed by atoms with Crippen LogP contribution in [0.2, 0.25) is 0 Å². The van der Waals surface area contributed by atoms with Gasteiger partial charge in [0.2, 0.25) is 11.8 Å². The van der Waals surface area contributed by atoms with Gasteiger partial charge in [0.05, 0.1) is 11.7 Å². The van der Waals surface area contributed by atoms with Crippen LogP contribution in [0.4, 0.5) is 0 Å². The molecule has 0 radical (unpaired) electrons. The van der Waals surface area contributed by atoms with Gasteiger partial charge in [0.25, 0.3) is 0 Å². The monoisotopic (exact) mass is 429 g/mol. The fourth-order valence-electron chi connectivity index (χ4n) is 4.50. The summed E-state index contributed by atoms with van der Waals surface area (Å²) in [7, 11) is 0. The van der Waals surface area contributed by atoms with Gasteiger partial charge in [0.1, 0.15) is 5.82 Å². The summed E-state index contributed by atoms with van der Waals surface area (Å²) in [6.07, 6.45) is 2.43. The highest BCUT2D eigenvalue weighted by atomic mass is 16.5. The van der Waals surface area contributed by atoms with Gasteiger partial charge in [0.15, 0.2) is 5.82 Å². The van der Waals surface area contributed by atoms with Gasteiger partial charge in [-0.3, -0.25) is 19.4 Å². The van der Waals surface area contributed by atoms with E-state index >= 15 is 0 Å². The highest BCUT2D eigenvalue weighted by Gasteiger charge is 2.39. The number of likely N-dealkylation sites (tertiary alicyclic amines) is 1. The molecule has 2 aromatic rings. The van der Waals surface area contributed by atoms with Crippen molar-refractivity contribution in [2.24, 2.45) is 5.92 Å². The number of aromatic amines is 1. The van der Waals surface area contributed by atoms with E-state index < -0.39 is 0 Å². The van der Waals surface area contributed by atoms with Gasteiger partial charge in [-0.2, -0.15) is 10.2 Å². The summed E-state index contributed by atoms with van der Waals surface area (Å²) in [5.74, 6) is 1.35. The zero-order valence-electron chi connectivity index (χ0n) is 18.4. The molecule has 4 rings (SSSR count). The van der Waals surface area contributed by atoms with E-state index in [1.807, 2.05) is 36.4 Å². The lowest BCUT2D eigenvalue weighted by molar-refractivity contribution is -0.133. The molecule has 0 spiro atoms. The molecule has 2 amide bonds. The van der Waals surface area contributed by atoms with Crippen LogP contribution in [0.15, 0.2) is 6.07 Å². The van der Waals surface area contributed by atoms with E-state index in [0.717, 1.165) is 24.2 Å². The summed E-state index contributed by atoms with van der Waals surface area (Å²) in [6.45, 7) is 8.00. The van der Waals surface area contributed by atoms with Gasteiger partial charge >= 0.3 is 0 Å². The Balaban J connectivity index is 1.43. The lowest BCUT2D eigenvalue weighted by Gasteiger charge is -2.24. The lowest BCUT2D eigenvalue weighted by Crippen LogP contribution is -2.42. The molecule has 168 valence electrons. The van der Waals surface area contributed by atoms with E-state index in [9.17, 15) is 9.59 Å². The van der Waals surface area contributed by atoms with Crippen LogP contribution < -0.4 is 5.32 Å². The summed E-state index contributed by atoms with van der Waals surface area (Å²) < 4.78 is 7.22. The maximum absolute atomic E-state index is 13.2. The molecule has 2 aliphatic rings. The first kappa shape index (κ1) is 21.5. The largest absolute Gasteiger partial charge is 0.381 e. The Morgan fingerprint density at radius 2 is 2.03 bits per heavy atom. The SMILES string of the molecule is Cc1cc(C)n(CCC(=O)N2C[C@@H](NC(=O)C3CCOCC3)C[C@H]2c2n[nH]c(C)n2)n1. The Morgan fingerprint density at radius 1 is 1.26 bits per heavy atom. The van der Waals surface area contributed by atoms with Crippen LogP contribution in [-0.2, 0) is 20.9 Å². The molecule has 10 heteroatoms. The van der Waals surface area contributed by atoms with Crippen molar-refractivity contribution >= 4 is 11.8 Å². The molecular formula is C21H31N7O3. The molecule has 10 nitrogen and oxygen atoms in total. The number of nitrogens with zero attached hydrogens (tertiary/aromatic N) is 5. The second-order valence-electron chi connectivity index (χ2n) is 8.57. The van der Waals surface area contributed by atoms with Crippen molar-refractivity contribution in [2.75, 3.05) is 19.8 Å². The van der Waals surface area contributed by atoms with Crippen molar-refractivity contribution in [3.05, 3.63) is 29.1 Å². The molecule has 2 N–H and O–H groups in total. The van der Waals surface area contributed by atoms with Crippen LogP contribution in [0.5, 0.6) is 0 Å². The Kier molecular flexibility index (Phi) is 6.35. The van der Waals surface area contributed by atoms with E-state index in [4.69, 9.17) is 4.74 Å².